The van der Waals surface area contributed by atoms with Crippen molar-refractivity contribution in [2.24, 2.45) is 29.5 Å². The molecule has 2 heteroatoms. The minimum absolute atomic E-state index is 0.842. The molecule has 0 aromatic heterocycles. The van der Waals surface area contributed by atoms with Gasteiger partial charge in [-0.25, -0.2) is 5.01 Å². The molecule has 3 aliphatic rings. The van der Waals surface area contributed by atoms with E-state index in [0.717, 1.165) is 36.8 Å². The second kappa shape index (κ2) is 4.50. The second-order valence-corrected chi connectivity index (χ2v) is 6.01. The Morgan fingerprint density at radius 2 is 1.88 bits per heavy atom. The number of allylic oxidation sites excluding steroid dienone is 2. The molecular weight excluding hydrogens is 196 g/mol. The summed E-state index contributed by atoms with van der Waals surface area (Å²) >= 11 is 0. The fourth-order valence-electron chi connectivity index (χ4n) is 4.23. The Morgan fingerprint density at radius 1 is 1.00 bits per heavy atom. The average molecular weight is 220 g/mol. The van der Waals surface area contributed by atoms with E-state index in [2.05, 4.69) is 17.2 Å². The molecule has 0 aromatic carbocycles. The van der Waals surface area contributed by atoms with Crippen molar-refractivity contribution in [2.75, 3.05) is 13.1 Å². The highest BCUT2D eigenvalue weighted by Crippen LogP contribution is 2.43. The van der Waals surface area contributed by atoms with Crippen molar-refractivity contribution in [1.82, 2.24) is 5.01 Å². The van der Waals surface area contributed by atoms with Crippen molar-refractivity contribution in [2.45, 2.75) is 38.5 Å². The summed E-state index contributed by atoms with van der Waals surface area (Å²) in [5.41, 5.74) is 0. The number of nitrogens with two attached hydrogens (primary N) is 1. The molecule has 0 amide bonds. The predicted molar refractivity (Wildman–Crippen MR) is 66.6 cm³/mol. The van der Waals surface area contributed by atoms with Crippen molar-refractivity contribution in [3.05, 3.63) is 12.2 Å². The Hall–Kier alpha value is -0.340. The van der Waals surface area contributed by atoms with Gasteiger partial charge in [0.2, 0.25) is 0 Å². The summed E-state index contributed by atoms with van der Waals surface area (Å²) in [5, 5.41) is 2.07. The summed E-state index contributed by atoms with van der Waals surface area (Å²) in [6, 6.07) is 0. The molecule has 90 valence electrons. The smallest absolute Gasteiger partial charge is 0.0163 e. The molecule has 1 aliphatic heterocycles. The molecule has 4 atom stereocenters. The standard InChI is InChI=1S/C14H24N2/c15-16-9-12-7-4-6-11-5-2-1-3-8-13(11)14(12)10-16/h4,6,11-14H,1-3,5,7-10,15H2. The maximum atomic E-state index is 6.02. The first-order valence-corrected chi connectivity index (χ1v) is 7.01. The van der Waals surface area contributed by atoms with Crippen LogP contribution < -0.4 is 5.84 Å². The summed E-state index contributed by atoms with van der Waals surface area (Å²) in [6.45, 7) is 2.27. The van der Waals surface area contributed by atoms with Gasteiger partial charge in [-0.05, 0) is 42.9 Å². The van der Waals surface area contributed by atoms with Gasteiger partial charge in [0.05, 0.1) is 0 Å². The lowest BCUT2D eigenvalue weighted by Gasteiger charge is -2.29. The lowest BCUT2D eigenvalue weighted by atomic mass is 9.75. The van der Waals surface area contributed by atoms with Crippen LogP contribution >= 0.6 is 0 Å². The maximum Gasteiger partial charge on any atom is 0.0163 e. The van der Waals surface area contributed by atoms with E-state index in [1.54, 1.807) is 0 Å². The van der Waals surface area contributed by atoms with Crippen LogP contribution in [0.15, 0.2) is 12.2 Å². The number of hydrogen-bond donors (Lipinski definition) is 1. The van der Waals surface area contributed by atoms with Crippen molar-refractivity contribution >= 4 is 0 Å². The lowest BCUT2D eigenvalue weighted by Crippen LogP contribution is -2.30. The van der Waals surface area contributed by atoms with Crippen LogP contribution in [0.3, 0.4) is 0 Å². The van der Waals surface area contributed by atoms with Gasteiger partial charge in [-0.1, -0.05) is 31.4 Å². The van der Waals surface area contributed by atoms with E-state index in [1.165, 1.54) is 38.5 Å². The normalized spacial score (nSPS) is 44.6. The number of nitrogens with zero attached hydrogens (tertiary/aromatic N) is 1. The molecule has 2 N–H and O–H groups in total. The van der Waals surface area contributed by atoms with Crippen molar-refractivity contribution in [3.63, 3.8) is 0 Å². The number of rotatable bonds is 0. The highest BCUT2D eigenvalue weighted by molar-refractivity contribution is 5.03. The minimum Gasteiger partial charge on any atom is -0.269 e. The molecule has 0 radical (unpaired) electrons. The summed E-state index contributed by atoms with van der Waals surface area (Å²) in [6.07, 6.45) is 13.5. The zero-order chi connectivity index (χ0) is 11.0. The van der Waals surface area contributed by atoms with Crippen LogP contribution in [0, 0.1) is 23.7 Å². The molecule has 16 heavy (non-hydrogen) atoms. The van der Waals surface area contributed by atoms with Gasteiger partial charge in [-0.2, -0.15) is 0 Å². The summed E-state index contributed by atoms with van der Waals surface area (Å²) in [4.78, 5) is 0. The highest BCUT2D eigenvalue weighted by Gasteiger charge is 2.40. The molecule has 1 heterocycles. The van der Waals surface area contributed by atoms with Gasteiger partial charge in [0.1, 0.15) is 0 Å². The fraction of sp³-hybridized carbons (Fsp3) is 0.857. The molecule has 2 aliphatic carbocycles. The van der Waals surface area contributed by atoms with E-state index >= 15 is 0 Å². The zero-order valence-electron chi connectivity index (χ0n) is 10.1. The van der Waals surface area contributed by atoms with E-state index in [9.17, 15) is 0 Å². The maximum absolute atomic E-state index is 6.02. The Kier molecular flexibility index (Phi) is 3.03. The molecule has 0 bridgehead atoms. The zero-order valence-corrected chi connectivity index (χ0v) is 10.1. The Labute approximate surface area is 98.8 Å². The quantitative estimate of drug-likeness (QED) is 0.502. The first-order chi connectivity index (χ1) is 7.84. The molecule has 2 nitrogen and oxygen atoms in total. The third-order valence-corrected chi connectivity index (χ3v) is 5.02. The third-order valence-electron chi connectivity index (χ3n) is 5.02. The van der Waals surface area contributed by atoms with Crippen molar-refractivity contribution < 1.29 is 0 Å². The molecular formula is C14H24N2. The average Bonchev–Trinajstić information content (AvgIpc) is 2.46. The first kappa shape index (κ1) is 10.8. The molecule has 1 saturated heterocycles. The Morgan fingerprint density at radius 3 is 2.81 bits per heavy atom. The Balaban J connectivity index is 1.82. The first-order valence-electron chi connectivity index (χ1n) is 7.01. The summed E-state index contributed by atoms with van der Waals surface area (Å²) in [5.74, 6) is 9.53. The van der Waals surface area contributed by atoms with E-state index < -0.39 is 0 Å². The molecule has 0 spiro atoms. The van der Waals surface area contributed by atoms with E-state index in [1.807, 2.05) is 0 Å². The highest BCUT2D eigenvalue weighted by atomic mass is 15.4. The SMILES string of the molecule is NN1CC2CC=CC3CCCCCC3C2C1. The van der Waals surface area contributed by atoms with Gasteiger partial charge >= 0.3 is 0 Å². The topological polar surface area (TPSA) is 29.3 Å². The van der Waals surface area contributed by atoms with Gasteiger partial charge in [0.15, 0.2) is 0 Å². The fourth-order valence-corrected chi connectivity index (χ4v) is 4.23. The summed E-state index contributed by atoms with van der Waals surface area (Å²) < 4.78 is 0. The van der Waals surface area contributed by atoms with Crippen molar-refractivity contribution in [3.8, 4) is 0 Å². The third kappa shape index (κ3) is 1.93. The molecule has 3 rings (SSSR count). The monoisotopic (exact) mass is 220 g/mol. The van der Waals surface area contributed by atoms with E-state index in [-0.39, 0.29) is 0 Å². The van der Waals surface area contributed by atoms with Gasteiger partial charge in [0, 0.05) is 13.1 Å². The van der Waals surface area contributed by atoms with Crippen LogP contribution in [-0.2, 0) is 0 Å². The largest absolute Gasteiger partial charge is 0.269 e. The lowest BCUT2D eigenvalue weighted by molar-refractivity contribution is 0.214. The molecule has 1 saturated carbocycles. The predicted octanol–water partition coefficient (Wildman–Crippen LogP) is 2.56. The minimum atomic E-state index is 0.842. The number of hydrazine groups is 1. The van der Waals surface area contributed by atoms with Crippen LogP contribution in [0.25, 0.3) is 0 Å². The molecule has 0 aromatic rings. The van der Waals surface area contributed by atoms with E-state index in [0.29, 0.717) is 0 Å². The van der Waals surface area contributed by atoms with Crippen LogP contribution in [0.5, 0.6) is 0 Å². The van der Waals surface area contributed by atoms with Gasteiger partial charge in [-0.3, -0.25) is 5.84 Å². The number of fused-ring (bicyclic) bond motifs is 3. The van der Waals surface area contributed by atoms with Crippen LogP contribution in [0.1, 0.15) is 38.5 Å². The van der Waals surface area contributed by atoms with Crippen molar-refractivity contribution in [1.29, 1.82) is 0 Å². The summed E-state index contributed by atoms with van der Waals surface area (Å²) in [7, 11) is 0. The molecule has 2 fully saturated rings. The van der Waals surface area contributed by atoms with Gasteiger partial charge < -0.3 is 0 Å². The van der Waals surface area contributed by atoms with E-state index in [4.69, 9.17) is 5.84 Å². The van der Waals surface area contributed by atoms with Gasteiger partial charge in [0.25, 0.3) is 0 Å². The number of hydrogen-bond acceptors (Lipinski definition) is 2. The second-order valence-electron chi connectivity index (χ2n) is 6.01. The van der Waals surface area contributed by atoms with Crippen LogP contribution in [0.2, 0.25) is 0 Å². The molecule has 4 unspecified atom stereocenters. The Bertz CT molecular complexity index is 274. The van der Waals surface area contributed by atoms with Crippen LogP contribution in [-0.4, -0.2) is 18.1 Å². The van der Waals surface area contributed by atoms with Crippen LogP contribution in [0.4, 0.5) is 0 Å². The van der Waals surface area contributed by atoms with Gasteiger partial charge in [-0.15, -0.1) is 0 Å².